The van der Waals surface area contributed by atoms with Gasteiger partial charge in [-0.3, -0.25) is 14.3 Å². The van der Waals surface area contributed by atoms with Crippen molar-refractivity contribution in [1.82, 2.24) is 24.6 Å². The highest BCUT2D eigenvalue weighted by Gasteiger charge is 2.26. The summed E-state index contributed by atoms with van der Waals surface area (Å²) in [5.41, 5.74) is 4.02. The summed E-state index contributed by atoms with van der Waals surface area (Å²) in [6.45, 7) is 8.10. The molecule has 1 aromatic carbocycles. The zero-order valence-electron chi connectivity index (χ0n) is 20.7. The Morgan fingerprint density at radius 2 is 1.83 bits per heavy atom. The van der Waals surface area contributed by atoms with Crippen molar-refractivity contribution in [3.8, 4) is 0 Å². The van der Waals surface area contributed by atoms with Gasteiger partial charge in [0.1, 0.15) is 5.82 Å². The highest BCUT2D eigenvalue weighted by Crippen LogP contribution is 2.30. The number of ether oxygens (including phenoxy) is 1. The number of aromatic amines is 1. The summed E-state index contributed by atoms with van der Waals surface area (Å²) in [7, 11) is 0. The summed E-state index contributed by atoms with van der Waals surface area (Å²) < 4.78 is 7.50. The van der Waals surface area contributed by atoms with E-state index in [4.69, 9.17) is 4.74 Å². The van der Waals surface area contributed by atoms with Crippen molar-refractivity contribution in [3.63, 3.8) is 0 Å². The molecular formula is C27H30N6O3. The summed E-state index contributed by atoms with van der Waals surface area (Å²) in [6.07, 6.45) is 5.16. The Bertz CT molecular complexity index is 1510. The third kappa shape index (κ3) is 3.83. The molecule has 0 atom stereocenters. The molecule has 0 spiro atoms. The van der Waals surface area contributed by atoms with Gasteiger partial charge in [-0.15, -0.1) is 0 Å². The number of carbonyl (C=O) groups is 1. The van der Waals surface area contributed by atoms with E-state index >= 15 is 0 Å². The molecule has 0 aliphatic carbocycles. The molecule has 2 aliphatic rings. The maximum absolute atomic E-state index is 13.7. The minimum absolute atomic E-state index is 0.0169. The monoisotopic (exact) mass is 486 g/mol. The van der Waals surface area contributed by atoms with Crippen LogP contribution in [0.3, 0.4) is 0 Å². The van der Waals surface area contributed by atoms with Gasteiger partial charge in [-0.1, -0.05) is 6.07 Å². The number of fused-ring (bicyclic) bond motifs is 3. The number of anilines is 1. The molecule has 3 aromatic heterocycles. The Morgan fingerprint density at radius 1 is 1.06 bits per heavy atom. The van der Waals surface area contributed by atoms with Crippen molar-refractivity contribution in [1.29, 1.82) is 0 Å². The van der Waals surface area contributed by atoms with Crippen LogP contribution in [0.15, 0.2) is 41.5 Å². The molecule has 2 saturated heterocycles. The first-order chi connectivity index (χ1) is 17.5. The minimum Gasteiger partial charge on any atom is -0.381 e. The molecule has 6 rings (SSSR count). The second-order valence-electron chi connectivity index (χ2n) is 9.78. The first-order valence-electron chi connectivity index (χ1n) is 12.6. The Hall–Kier alpha value is -3.72. The molecule has 5 heterocycles. The number of amides is 1. The number of carbonyl (C=O) groups excluding carboxylic acids is 1. The topological polar surface area (TPSA) is 96.3 Å². The van der Waals surface area contributed by atoms with Gasteiger partial charge < -0.3 is 19.5 Å². The molecule has 1 N–H and O–H groups in total. The lowest BCUT2D eigenvalue weighted by Gasteiger charge is -2.36. The van der Waals surface area contributed by atoms with Crippen LogP contribution in [0.4, 0.5) is 5.82 Å². The average Bonchev–Trinajstić information content (AvgIpc) is 3.35. The minimum atomic E-state index is -0.157. The number of aromatic nitrogens is 4. The fourth-order valence-electron chi connectivity index (χ4n) is 5.53. The molecule has 2 aliphatic heterocycles. The maximum atomic E-state index is 13.7. The Labute approximate surface area is 208 Å². The number of benzene rings is 1. The number of rotatable bonds is 3. The molecule has 0 bridgehead atoms. The molecule has 0 radical (unpaired) electrons. The third-order valence-corrected chi connectivity index (χ3v) is 7.52. The number of nitrogens with zero attached hydrogens (tertiary/aromatic N) is 5. The van der Waals surface area contributed by atoms with E-state index in [0.717, 1.165) is 59.3 Å². The van der Waals surface area contributed by atoms with Crippen molar-refractivity contribution in [3.05, 3.63) is 63.7 Å². The van der Waals surface area contributed by atoms with Crippen molar-refractivity contribution < 1.29 is 9.53 Å². The van der Waals surface area contributed by atoms with Crippen LogP contribution in [-0.2, 0) is 4.74 Å². The first-order valence-corrected chi connectivity index (χ1v) is 12.6. The number of nitrogens with one attached hydrogen (secondary N) is 1. The van der Waals surface area contributed by atoms with Gasteiger partial charge in [-0.05, 0) is 56.0 Å². The normalized spacial score (nSPS) is 17.3. The quantitative estimate of drug-likeness (QED) is 0.478. The summed E-state index contributed by atoms with van der Waals surface area (Å²) in [4.78, 5) is 38.2. The number of hydrogen-bond donors (Lipinski definition) is 1. The Morgan fingerprint density at radius 3 is 2.58 bits per heavy atom. The number of H-pyrrole nitrogens is 1. The molecular weight excluding hydrogens is 456 g/mol. The molecule has 0 saturated carbocycles. The van der Waals surface area contributed by atoms with E-state index in [-0.39, 0.29) is 17.5 Å². The molecule has 2 fully saturated rings. The van der Waals surface area contributed by atoms with Gasteiger partial charge >= 0.3 is 0 Å². The summed E-state index contributed by atoms with van der Waals surface area (Å²) in [5.74, 6) is 1.00. The van der Waals surface area contributed by atoms with Crippen LogP contribution in [0.1, 0.15) is 40.4 Å². The standard InChI is InChI=1S/C27H30N6O3/c1-17-4-3-7-28-25(17)31-8-10-32(11-9-31)27(35)20-15-21-23(14-18(20)2)30-26(34)22-16-29-33(24(21)22)19-5-12-36-13-6-19/h3-4,7,14-16,19H,5-6,8-13H2,1-2H3,(H,30,34). The van der Waals surface area contributed by atoms with Gasteiger partial charge in [0, 0.05) is 56.5 Å². The highest BCUT2D eigenvalue weighted by atomic mass is 16.5. The lowest BCUT2D eigenvalue weighted by atomic mass is 10.0. The third-order valence-electron chi connectivity index (χ3n) is 7.52. The Balaban J connectivity index is 1.34. The van der Waals surface area contributed by atoms with E-state index in [1.807, 2.05) is 40.9 Å². The Kier molecular flexibility index (Phi) is 5.72. The zero-order chi connectivity index (χ0) is 24.8. The fourth-order valence-corrected chi connectivity index (χ4v) is 5.53. The molecule has 9 heteroatoms. The van der Waals surface area contributed by atoms with Gasteiger partial charge in [0.15, 0.2) is 0 Å². The van der Waals surface area contributed by atoms with Gasteiger partial charge in [-0.2, -0.15) is 5.10 Å². The maximum Gasteiger partial charge on any atom is 0.259 e. The van der Waals surface area contributed by atoms with Gasteiger partial charge in [0.05, 0.1) is 28.7 Å². The summed E-state index contributed by atoms with van der Waals surface area (Å²) in [6, 6.07) is 8.04. The molecule has 0 unspecified atom stereocenters. The lowest BCUT2D eigenvalue weighted by Crippen LogP contribution is -2.49. The second-order valence-corrected chi connectivity index (χ2v) is 9.78. The smallest absolute Gasteiger partial charge is 0.259 e. The van der Waals surface area contributed by atoms with Crippen LogP contribution in [0.2, 0.25) is 0 Å². The van der Waals surface area contributed by atoms with Crippen LogP contribution < -0.4 is 10.5 Å². The SMILES string of the molecule is Cc1cc2[nH]c(=O)c3cnn(C4CCOCC4)c3c2cc1C(=O)N1CCN(c2ncccc2C)CC1. The molecule has 36 heavy (non-hydrogen) atoms. The first kappa shape index (κ1) is 22.7. The van der Waals surface area contributed by atoms with Crippen LogP contribution in [0, 0.1) is 13.8 Å². The van der Waals surface area contributed by atoms with E-state index in [9.17, 15) is 9.59 Å². The van der Waals surface area contributed by atoms with E-state index in [1.165, 1.54) is 0 Å². The number of piperazine rings is 1. The molecule has 9 nitrogen and oxygen atoms in total. The van der Waals surface area contributed by atoms with Crippen LogP contribution >= 0.6 is 0 Å². The summed E-state index contributed by atoms with van der Waals surface area (Å²) in [5, 5.41) is 6.00. The lowest BCUT2D eigenvalue weighted by molar-refractivity contribution is 0.0675. The van der Waals surface area contributed by atoms with Gasteiger partial charge in [-0.25, -0.2) is 4.98 Å². The molecule has 4 aromatic rings. The van der Waals surface area contributed by atoms with E-state index in [2.05, 4.69) is 33.0 Å². The fraction of sp³-hybridized carbons (Fsp3) is 0.407. The largest absolute Gasteiger partial charge is 0.381 e. The van der Waals surface area contributed by atoms with Gasteiger partial charge in [0.2, 0.25) is 0 Å². The van der Waals surface area contributed by atoms with E-state index in [0.29, 0.717) is 37.3 Å². The van der Waals surface area contributed by atoms with Crippen molar-refractivity contribution in [2.75, 3.05) is 44.3 Å². The molecule has 1 amide bonds. The number of pyridine rings is 2. The van der Waals surface area contributed by atoms with Crippen molar-refractivity contribution in [2.24, 2.45) is 0 Å². The van der Waals surface area contributed by atoms with Crippen LogP contribution in [0.25, 0.3) is 21.8 Å². The zero-order valence-corrected chi connectivity index (χ0v) is 20.7. The van der Waals surface area contributed by atoms with Crippen LogP contribution in [-0.4, -0.2) is 69.9 Å². The number of aryl methyl sites for hydroxylation is 2. The van der Waals surface area contributed by atoms with Crippen LogP contribution in [0.5, 0.6) is 0 Å². The summed E-state index contributed by atoms with van der Waals surface area (Å²) >= 11 is 0. The van der Waals surface area contributed by atoms with E-state index < -0.39 is 0 Å². The van der Waals surface area contributed by atoms with Crippen molar-refractivity contribution in [2.45, 2.75) is 32.7 Å². The molecule has 186 valence electrons. The predicted molar refractivity (Wildman–Crippen MR) is 139 cm³/mol. The number of hydrogen-bond acceptors (Lipinski definition) is 6. The van der Waals surface area contributed by atoms with E-state index in [1.54, 1.807) is 6.20 Å². The highest BCUT2D eigenvalue weighted by molar-refractivity contribution is 6.07. The second kappa shape index (κ2) is 9.05. The average molecular weight is 487 g/mol. The van der Waals surface area contributed by atoms with Crippen molar-refractivity contribution >= 4 is 33.5 Å². The predicted octanol–water partition coefficient (Wildman–Crippen LogP) is 3.20. The van der Waals surface area contributed by atoms with Gasteiger partial charge in [0.25, 0.3) is 11.5 Å².